The van der Waals surface area contributed by atoms with Crippen molar-refractivity contribution in [3.8, 4) is 0 Å². The Bertz CT molecular complexity index is 586. The fraction of sp³-hybridized carbons (Fsp3) is 0.562. The molecule has 1 aliphatic rings. The first-order chi connectivity index (χ1) is 10.2. The van der Waals surface area contributed by atoms with E-state index in [0.717, 1.165) is 12.5 Å². The average Bonchev–Trinajstić information content (AvgIpc) is 3.16. The first-order valence-corrected chi connectivity index (χ1v) is 7.80. The molecule has 1 N–H and O–H groups in total. The highest BCUT2D eigenvalue weighted by Gasteiger charge is 2.18. The molecule has 112 valence electrons. The van der Waals surface area contributed by atoms with Crippen LogP contribution in [0.15, 0.2) is 24.7 Å². The highest BCUT2D eigenvalue weighted by molar-refractivity contribution is 5.26. The van der Waals surface area contributed by atoms with Gasteiger partial charge in [0, 0.05) is 30.6 Å². The second-order valence-electron chi connectivity index (χ2n) is 6.01. The van der Waals surface area contributed by atoms with Crippen molar-refractivity contribution in [2.45, 2.75) is 51.5 Å². The molecule has 1 fully saturated rings. The van der Waals surface area contributed by atoms with Crippen LogP contribution in [-0.4, -0.2) is 26.3 Å². The van der Waals surface area contributed by atoms with E-state index in [2.05, 4.69) is 46.5 Å². The van der Waals surface area contributed by atoms with Crippen molar-refractivity contribution >= 4 is 5.95 Å². The Morgan fingerprint density at radius 2 is 2.19 bits per heavy atom. The molecule has 0 bridgehead atoms. The molecule has 0 aromatic carbocycles. The zero-order chi connectivity index (χ0) is 14.7. The standard InChI is InChI=1S/C16H23N5/c1-12-9-19-21(11-12)13(2)10-18-16-17-8-7-15(20-16)14-5-3-4-6-14/h7-9,11,13-14H,3-6,10H2,1-2H3,(H,17,18,20)/t13-/m1/s1. The Hall–Kier alpha value is -1.91. The highest BCUT2D eigenvalue weighted by Crippen LogP contribution is 2.32. The molecule has 1 aliphatic carbocycles. The van der Waals surface area contributed by atoms with Crippen molar-refractivity contribution in [1.29, 1.82) is 0 Å². The number of nitrogens with zero attached hydrogens (tertiary/aromatic N) is 4. The Kier molecular flexibility index (Phi) is 4.18. The van der Waals surface area contributed by atoms with E-state index in [1.807, 2.05) is 17.1 Å². The third kappa shape index (κ3) is 3.40. The lowest BCUT2D eigenvalue weighted by Crippen LogP contribution is -2.18. The van der Waals surface area contributed by atoms with Crippen molar-refractivity contribution in [3.05, 3.63) is 35.9 Å². The fourth-order valence-electron chi connectivity index (χ4n) is 2.91. The SMILES string of the molecule is Cc1cnn([C@H](C)CNc2nccc(C3CCCC3)n2)c1. The van der Waals surface area contributed by atoms with Crippen LogP contribution in [0.5, 0.6) is 0 Å². The summed E-state index contributed by atoms with van der Waals surface area (Å²) >= 11 is 0. The van der Waals surface area contributed by atoms with E-state index >= 15 is 0 Å². The summed E-state index contributed by atoms with van der Waals surface area (Å²) in [5.74, 6) is 1.36. The molecular formula is C16H23N5. The summed E-state index contributed by atoms with van der Waals surface area (Å²) in [4.78, 5) is 9.00. The molecule has 2 aromatic heterocycles. The second kappa shape index (κ2) is 6.24. The molecular weight excluding hydrogens is 262 g/mol. The summed E-state index contributed by atoms with van der Waals surface area (Å²) in [5, 5.41) is 7.68. The molecule has 0 spiro atoms. The predicted octanol–water partition coefficient (Wildman–Crippen LogP) is 3.31. The number of anilines is 1. The maximum atomic E-state index is 4.67. The third-order valence-corrected chi connectivity index (χ3v) is 4.19. The molecule has 5 heteroatoms. The number of hydrogen-bond donors (Lipinski definition) is 1. The number of nitrogens with one attached hydrogen (secondary N) is 1. The Labute approximate surface area is 125 Å². The summed E-state index contributed by atoms with van der Waals surface area (Å²) in [5.41, 5.74) is 2.37. The molecule has 1 atom stereocenters. The Morgan fingerprint density at radius 1 is 1.38 bits per heavy atom. The van der Waals surface area contributed by atoms with Gasteiger partial charge >= 0.3 is 0 Å². The summed E-state index contributed by atoms with van der Waals surface area (Å²) in [6, 6.07) is 2.33. The number of hydrogen-bond acceptors (Lipinski definition) is 4. The molecule has 0 aliphatic heterocycles. The minimum atomic E-state index is 0.275. The van der Waals surface area contributed by atoms with Crippen LogP contribution in [0.3, 0.4) is 0 Å². The van der Waals surface area contributed by atoms with Gasteiger partial charge in [0.1, 0.15) is 0 Å². The topological polar surface area (TPSA) is 55.6 Å². The molecule has 0 radical (unpaired) electrons. The third-order valence-electron chi connectivity index (χ3n) is 4.19. The Balaban J connectivity index is 1.61. The molecule has 2 heterocycles. The van der Waals surface area contributed by atoms with Gasteiger partial charge in [0.2, 0.25) is 5.95 Å². The zero-order valence-corrected chi connectivity index (χ0v) is 12.8. The lowest BCUT2D eigenvalue weighted by atomic mass is 10.0. The molecule has 1 saturated carbocycles. The monoisotopic (exact) mass is 285 g/mol. The summed E-state index contributed by atoms with van der Waals surface area (Å²) in [7, 11) is 0. The fourth-order valence-corrected chi connectivity index (χ4v) is 2.91. The van der Waals surface area contributed by atoms with Crippen molar-refractivity contribution < 1.29 is 0 Å². The van der Waals surface area contributed by atoms with Crippen LogP contribution < -0.4 is 5.32 Å². The summed E-state index contributed by atoms with van der Waals surface area (Å²) in [6.07, 6.45) is 11.0. The van der Waals surface area contributed by atoms with Gasteiger partial charge in [-0.1, -0.05) is 12.8 Å². The summed E-state index contributed by atoms with van der Waals surface area (Å²) in [6.45, 7) is 4.97. The van der Waals surface area contributed by atoms with Gasteiger partial charge in [0.25, 0.3) is 0 Å². The van der Waals surface area contributed by atoms with Crippen molar-refractivity contribution in [2.24, 2.45) is 0 Å². The van der Waals surface area contributed by atoms with Gasteiger partial charge in [-0.15, -0.1) is 0 Å². The number of aryl methyl sites for hydroxylation is 1. The molecule has 0 unspecified atom stereocenters. The zero-order valence-electron chi connectivity index (χ0n) is 12.8. The second-order valence-corrected chi connectivity index (χ2v) is 6.01. The maximum Gasteiger partial charge on any atom is 0.222 e. The smallest absolute Gasteiger partial charge is 0.222 e. The molecule has 2 aromatic rings. The molecule has 5 nitrogen and oxygen atoms in total. The van der Waals surface area contributed by atoms with Crippen LogP contribution in [0.4, 0.5) is 5.95 Å². The van der Waals surface area contributed by atoms with E-state index in [-0.39, 0.29) is 6.04 Å². The van der Waals surface area contributed by atoms with E-state index in [1.165, 1.54) is 36.9 Å². The van der Waals surface area contributed by atoms with Gasteiger partial charge in [-0.05, 0) is 38.3 Å². The van der Waals surface area contributed by atoms with Crippen LogP contribution in [0.1, 0.15) is 55.8 Å². The van der Waals surface area contributed by atoms with Gasteiger partial charge in [-0.2, -0.15) is 5.10 Å². The van der Waals surface area contributed by atoms with Crippen LogP contribution in [0.25, 0.3) is 0 Å². The molecule has 3 rings (SSSR count). The predicted molar refractivity (Wildman–Crippen MR) is 83.4 cm³/mol. The molecule has 0 saturated heterocycles. The van der Waals surface area contributed by atoms with E-state index in [1.54, 1.807) is 0 Å². The first-order valence-electron chi connectivity index (χ1n) is 7.80. The van der Waals surface area contributed by atoms with Gasteiger partial charge in [-0.25, -0.2) is 9.97 Å². The van der Waals surface area contributed by atoms with E-state index < -0.39 is 0 Å². The molecule has 0 amide bonds. The largest absolute Gasteiger partial charge is 0.352 e. The van der Waals surface area contributed by atoms with Gasteiger partial charge in [0.05, 0.1) is 12.2 Å². The van der Waals surface area contributed by atoms with Crippen LogP contribution >= 0.6 is 0 Å². The summed E-state index contributed by atoms with van der Waals surface area (Å²) < 4.78 is 1.98. The van der Waals surface area contributed by atoms with Gasteiger partial charge in [0.15, 0.2) is 0 Å². The van der Waals surface area contributed by atoms with Crippen LogP contribution in [0.2, 0.25) is 0 Å². The van der Waals surface area contributed by atoms with E-state index in [4.69, 9.17) is 0 Å². The van der Waals surface area contributed by atoms with Crippen molar-refractivity contribution in [1.82, 2.24) is 19.7 Å². The molecule has 21 heavy (non-hydrogen) atoms. The highest BCUT2D eigenvalue weighted by atomic mass is 15.3. The van der Waals surface area contributed by atoms with Gasteiger partial charge in [-0.3, -0.25) is 4.68 Å². The normalized spacial score (nSPS) is 17.0. The number of rotatable bonds is 5. The van der Waals surface area contributed by atoms with Crippen molar-refractivity contribution in [2.75, 3.05) is 11.9 Å². The quantitative estimate of drug-likeness (QED) is 0.915. The number of aromatic nitrogens is 4. The first kappa shape index (κ1) is 14.0. The van der Waals surface area contributed by atoms with Crippen LogP contribution in [-0.2, 0) is 0 Å². The Morgan fingerprint density at radius 3 is 2.90 bits per heavy atom. The van der Waals surface area contributed by atoms with E-state index in [0.29, 0.717) is 5.92 Å². The average molecular weight is 285 g/mol. The lowest BCUT2D eigenvalue weighted by molar-refractivity contribution is 0.511. The lowest BCUT2D eigenvalue weighted by Gasteiger charge is -2.14. The minimum Gasteiger partial charge on any atom is -0.352 e. The maximum absolute atomic E-state index is 4.67. The van der Waals surface area contributed by atoms with Crippen molar-refractivity contribution in [3.63, 3.8) is 0 Å². The van der Waals surface area contributed by atoms with Gasteiger partial charge < -0.3 is 5.32 Å². The van der Waals surface area contributed by atoms with E-state index in [9.17, 15) is 0 Å². The minimum absolute atomic E-state index is 0.275. The van der Waals surface area contributed by atoms with Crippen LogP contribution in [0, 0.1) is 6.92 Å².